The molecule has 8 heteroatoms. The van der Waals surface area contributed by atoms with E-state index in [0.717, 1.165) is 15.9 Å². The lowest BCUT2D eigenvalue weighted by atomic mass is 10.3. The predicted octanol–water partition coefficient (Wildman–Crippen LogP) is 1.80. The van der Waals surface area contributed by atoms with Gasteiger partial charge in [0.1, 0.15) is 0 Å². The molecule has 0 aliphatic heterocycles. The monoisotopic (exact) mass is 288 g/mol. The smallest absolute Gasteiger partial charge is 0.322 e. The van der Waals surface area contributed by atoms with Gasteiger partial charge in [-0.15, -0.1) is 0 Å². The Morgan fingerprint density at radius 3 is 2.85 bits per heavy atom. The molecule has 0 radical (unpaired) electrons. The molecule has 0 saturated carbocycles. The van der Waals surface area contributed by atoms with Gasteiger partial charge in [-0.1, -0.05) is 18.2 Å². The quantitative estimate of drug-likeness (QED) is 0.497. The molecule has 7 nitrogen and oxygen atoms in total. The number of nitrogens with zero attached hydrogens (tertiary/aromatic N) is 3. The number of nitrogen functional groups attached to an aromatic ring is 1. The van der Waals surface area contributed by atoms with Crippen molar-refractivity contribution >= 4 is 28.6 Å². The van der Waals surface area contributed by atoms with Crippen molar-refractivity contribution in [2.24, 2.45) is 5.84 Å². The van der Waals surface area contributed by atoms with Gasteiger partial charge in [0.05, 0.1) is 12.1 Å². The Morgan fingerprint density at radius 2 is 2.10 bits per heavy atom. The lowest BCUT2D eigenvalue weighted by Gasteiger charge is -2.03. The summed E-state index contributed by atoms with van der Waals surface area (Å²) in [5.41, 5.74) is 3.45. The summed E-state index contributed by atoms with van der Waals surface area (Å²) < 4.78 is 5.01. The van der Waals surface area contributed by atoms with Crippen molar-refractivity contribution in [3.63, 3.8) is 0 Å². The molecule has 0 aliphatic carbocycles. The zero-order valence-corrected chi connectivity index (χ0v) is 11.4. The highest BCUT2D eigenvalue weighted by molar-refractivity contribution is 7.99. The van der Waals surface area contributed by atoms with Crippen LogP contribution in [-0.4, -0.2) is 27.0 Å². The van der Waals surface area contributed by atoms with E-state index in [9.17, 15) is 0 Å². The van der Waals surface area contributed by atoms with Gasteiger partial charge in [-0.3, -0.25) is 5.43 Å². The largest absolute Gasteiger partial charge is 0.467 e. The minimum absolute atomic E-state index is 0.214. The van der Waals surface area contributed by atoms with Gasteiger partial charge in [-0.2, -0.15) is 15.0 Å². The lowest BCUT2D eigenvalue weighted by Crippen LogP contribution is -2.12. The number of H-pyrrole nitrogens is 1. The third-order valence-corrected chi connectivity index (χ3v) is 3.42. The number of nitrogens with two attached hydrogens (primary N) is 1. The molecular weight excluding hydrogens is 276 g/mol. The summed E-state index contributed by atoms with van der Waals surface area (Å²) in [6, 6.07) is 10.3. The van der Waals surface area contributed by atoms with Gasteiger partial charge in [-0.25, -0.2) is 5.84 Å². The summed E-state index contributed by atoms with van der Waals surface area (Å²) in [6.45, 7) is 0. The van der Waals surface area contributed by atoms with Crippen molar-refractivity contribution in [2.45, 2.75) is 10.2 Å². The van der Waals surface area contributed by atoms with Crippen LogP contribution in [0.25, 0.3) is 10.9 Å². The molecule has 20 heavy (non-hydrogen) atoms. The van der Waals surface area contributed by atoms with Crippen LogP contribution in [0, 0.1) is 0 Å². The number of aromatic amines is 1. The Morgan fingerprint density at radius 1 is 1.25 bits per heavy atom. The molecule has 0 aliphatic rings. The van der Waals surface area contributed by atoms with Gasteiger partial charge in [0.25, 0.3) is 0 Å². The molecule has 102 valence electrons. The number of hydrazine groups is 1. The van der Waals surface area contributed by atoms with Gasteiger partial charge in [0, 0.05) is 10.9 Å². The molecule has 2 heterocycles. The maximum atomic E-state index is 5.32. The average molecular weight is 288 g/mol. The van der Waals surface area contributed by atoms with Crippen molar-refractivity contribution in [1.29, 1.82) is 0 Å². The van der Waals surface area contributed by atoms with E-state index in [1.807, 2.05) is 30.3 Å². The molecule has 0 bridgehead atoms. The third-order valence-electron chi connectivity index (χ3n) is 2.61. The Kier molecular flexibility index (Phi) is 3.40. The van der Waals surface area contributed by atoms with Crippen molar-refractivity contribution < 1.29 is 4.74 Å². The Labute approximate surface area is 118 Å². The van der Waals surface area contributed by atoms with E-state index in [0.29, 0.717) is 5.16 Å². The van der Waals surface area contributed by atoms with E-state index in [2.05, 4.69) is 25.4 Å². The van der Waals surface area contributed by atoms with E-state index in [-0.39, 0.29) is 12.0 Å². The average Bonchev–Trinajstić information content (AvgIpc) is 2.88. The SMILES string of the molecule is COc1nc(NN)nc(Sc2cc3ccccc3[nH]2)n1. The number of methoxy groups -OCH3 is 1. The fourth-order valence-corrected chi connectivity index (χ4v) is 2.54. The van der Waals surface area contributed by atoms with Crippen molar-refractivity contribution in [3.05, 3.63) is 30.3 Å². The van der Waals surface area contributed by atoms with E-state index in [1.54, 1.807) is 0 Å². The highest BCUT2D eigenvalue weighted by Crippen LogP contribution is 2.28. The summed E-state index contributed by atoms with van der Waals surface area (Å²) in [5.74, 6) is 5.58. The standard InChI is InChI=1S/C12H12N6OS/c1-19-11-15-10(18-13)16-12(17-11)20-9-6-7-4-2-3-5-8(7)14-9/h2-6,14H,13H2,1H3,(H,15,16,17,18). The fourth-order valence-electron chi connectivity index (χ4n) is 1.74. The highest BCUT2D eigenvalue weighted by Gasteiger charge is 2.09. The first-order valence-electron chi connectivity index (χ1n) is 5.81. The zero-order chi connectivity index (χ0) is 13.9. The molecular formula is C12H12N6OS. The van der Waals surface area contributed by atoms with E-state index in [4.69, 9.17) is 10.6 Å². The first kappa shape index (κ1) is 12.7. The van der Waals surface area contributed by atoms with Gasteiger partial charge < -0.3 is 9.72 Å². The first-order valence-corrected chi connectivity index (χ1v) is 6.62. The maximum absolute atomic E-state index is 5.32. The Bertz CT molecular complexity index is 688. The number of rotatable bonds is 4. The second-order valence-electron chi connectivity index (χ2n) is 3.90. The molecule has 3 rings (SSSR count). The molecule has 0 spiro atoms. The van der Waals surface area contributed by atoms with Crippen LogP contribution in [0.2, 0.25) is 0 Å². The summed E-state index contributed by atoms with van der Waals surface area (Å²) >= 11 is 1.38. The van der Waals surface area contributed by atoms with Crippen molar-refractivity contribution in [3.8, 4) is 6.01 Å². The predicted molar refractivity (Wildman–Crippen MR) is 76.6 cm³/mol. The van der Waals surface area contributed by atoms with Crippen LogP contribution in [-0.2, 0) is 0 Å². The molecule has 0 amide bonds. The molecule has 0 saturated heterocycles. The molecule has 3 aromatic rings. The number of hydrogen-bond acceptors (Lipinski definition) is 7. The van der Waals surface area contributed by atoms with Gasteiger partial charge >= 0.3 is 6.01 Å². The molecule has 0 atom stereocenters. The second-order valence-corrected chi connectivity index (χ2v) is 4.90. The number of benzene rings is 1. The van der Waals surface area contributed by atoms with Gasteiger partial charge in [-0.05, 0) is 23.9 Å². The normalized spacial score (nSPS) is 10.7. The summed E-state index contributed by atoms with van der Waals surface area (Å²) in [7, 11) is 1.49. The summed E-state index contributed by atoms with van der Waals surface area (Å²) in [6.07, 6.45) is 0. The van der Waals surface area contributed by atoms with Crippen LogP contribution in [0.15, 0.2) is 40.5 Å². The van der Waals surface area contributed by atoms with Crippen LogP contribution in [0.1, 0.15) is 0 Å². The molecule has 0 fully saturated rings. The van der Waals surface area contributed by atoms with Crippen molar-refractivity contribution in [1.82, 2.24) is 19.9 Å². The number of para-hydroxylation sites is 1. The van der Waals surface area contributed by atoms with E-state index in [1.165, 1.54) is 18.9 Å². The second kappa shape index (κ2) is 5.35. The number of fused-ring (bicyclic) bond motifs is 1. The molecule has 0 unspecified atom stereocenters. The summed E-state index contributed by atoms with van der Waals surface area (Å²) in [4.78, 5) is 15.6. The summed E-state index contributed by atoms with van der Waals surface area (Å²) in [5, 5.41) is 2.56. The van der Waals surface area contributed by atoms with Crippen LogP contribution >= 0.6 is 11.8 Å². The molecule has 4 N–H and O–H groups in total. The number of anilines is 1. The minimum Gasteiger partial charge on any atom is -0.467 e. The molecule has 2 aromatic heterocycles. The topological polar surface area (TPSA) is 102 Å². The van der Waals surface area contributed by atoms with Crippen LogP contribution in [0.5, 0.6) is 6.01 Å². The van der Waals surface area contributed by atoms with E-state index >= 15 is 0 Å². The number of ether oxygens (including phenoxy) is 1. The third kappa shape index (κ3) is 2.51. The maximum Gasteiger partial charge on any atom is 0.322 e. The van der Waals surface area contributed by atoms with E-state index < -0.39 is 0 Å². The minimum atomic E-state index is 0.214. The fraction of sp³-hybridized carbons (Fsp3) is 0.0833. The van der Waals surface area contributed by atoms with Gasteiger partial charge in [0.15, 0.2) is 0 Å². The number of hydrogen-bond donors (Lipinski definition) is 3. The lowest BCUT2D eigenvalue weighted by molar-refractivity contribution is 0.373. The highest BCUT2D eigenvalue weighted by atomic mass is 32.2. The van der Waals surface area contributed by atoms with Crippen molar-refractivity contribution in [2.75, 3.05) is 12.5 Å². The first-order chi connectivity index (χ1) is 9.78. The number of aromatic nitrogens is 4. The Balaban J connectivity index is 1.93. The Hall–Kier alpha value is -2.32. The number of nitrogens with one attached hydrogen (secondary N) is 2. The van der Waals surface area contributed by atoms with Crippen LogP contribution < -0.4 is 16.0 Å². The zero-order valence-electron chi connectivity index (χ0n) is 10.6. The van der Waals surface area contributed by atoms with Crippen LogP contribution in [0.3, 0.4) is 0 Å². The van der Waals surface area contributed by atoms with Gasteiger partial charge in [0.2, 0.25) is 11.1 Å². The van der Waals surface area contributed by atoms with Crippen LogP contribution in [0.4, 0.5) is 5.95 Å². The molecule has 1 aromatic carbocycles.